The van der Waals surface area contributed by atoms with Gasteiger partial charge >= 0.3 is 12.0 Å². The van der Waals surface area contributed by atoms with E-state index in [1.807, 2.05) is 24.3 Å². The first-order valence-corrected chi connectivity index (χ1v) is 8.71. The summed E-state index contributed by atoms with van der Waals surface area (Å²) in [5.74, 6) is -0.274. The average Bonchev–Trinajstić information content (AvgIpc) is 3.20. The molecule has 1 atom stereocenters. The topological polar surface area (TPSA) is 111 Å². The van der Waals surface area contributed by atoms with E-state index in [0.717, 1.165) is 11.4 Å². The van der Waals surface area contributed by atoms with Gasteiger partial charge in [0.05, 0.1) is 13.4 Å². The maximum atomic E-state index is 12.5. The number of ether oxygens (including phenoxy) is 1. The largest absolute Gasteiger partial charge is 0.497 e. The zero-order valence-corrected chi connectivity index (χ0v) is 15.1. The van der Waals surface area contributed by atoms with Crippen molar-refractivity contribution in [1.29, 1.82) is 0 Å². The second-order valence-corrected chi connectivity index (χ2v) is 6.29. The monoisotopic (exact) mass is 373 g/mol. The van der Waals surface area contributed by atoms with E-state index in [-0.39, 0.29) is 12.5 Å². The standard InChI is InChI=1S/C18H23N5O4/c1-27-15-4-2-14(3-5-15)22-6-8-23(9-7-22)18(26)21-16(17(24)25)10-13-11-19-12-20-13/h2-5,11-12,16H,6-10H2,1H3,(H,19,20)(H,21,26)(H,24,25)/t16-/m0/s1. The number of aliphatic carboxylic acids is 1. The fraction of sp³-hybridized carbons (Fsp3) is 0.389. The summed E-state index contributed by atoms with van der Waals surface area (Å²) in [7, 11) is 1.63. The molecule has 9 heteroatoms. The third-order valence-corrected chi connectivity index (χ3v) is 4.58. The Kier molecular flexibility index (Phi) is 5.80. The number of rotatable bonds is 6. The number of piperazine rings is 1. The van der Waals surface area contributed by atoms with Gasteiger partial charge in [-0.05, 0) is 24.3 Å². The zero-order valence-electron chi connectivity index (χ0n) is 15.1. The van der Waals surface area contributed by atoms with Crippen molar-refractivity contribution in [2.75, 3.05) is 38.2 Å². The molecule has 1 saturated heterocycles. The number of carbonyl (C=O) groups is 2. The van der Waals surface area contributed by atoms with Crippen LogP contribution in [0.3, 0.4) is 0 Å². The summed E-state index contributed by atoms with van der Waals surface area (Å²) >= 11 is 0. The molecular formula is C18H23N5O4. The third-order valence-electron chi connectivity index (χ3n) is 4.58. The molecule has 0 spiro atoms. The van der Waals surface area contributed by atoms with Crippen LogP contribution in [-0.2, 0) is 11.2 Å². The molecule has 27 heavy (non-hydrogen) atoms. The lowest BCUT2D eigenvalue weighted by molar-refractivity contribution is -0.139. The summed E-state index contributed by atoms with van der Waals surface area (Å²) in [6.45, 7) is 2.40. The number of hydrogen-bond donors (Lipinski definition) is 3. The summed E-state index contributed by atoms with van der Waals surface area (Å²) in [6, 6.07) is 6.41. The Hall–Kier alpha value is -3.23. The van der Waals surface area contributed by atoms with Crippen molar-refractivity contribution < 1.29 is 19.4 Å². The Labute approximate surface area is 156 Å². The zero-order chi connectivity index (χ0) is 19.2. The first-order valence-electron chi connectivity index (χ1n) is 8.71. The molecule has 2 amide bonds. The molecule has 0 aliphatic carbocycles. The van der Waals surface area contributed by atoms with Crippen LogP contribution in [0.5, 0.6) is 5.75 Å². The number of anilines is 1. The number of benzene rings is 1. The molecule has 0 saturated carbocycles. The highest BCUT2D eigenvalue weighted by Gasteiger charge is 2.26. The molecule has 3 N–H and O–H groups in total. The number of aromatic nitrogens is 2. The molecule has 144 valence electrons. The molecule has 1 aliphatic heterocycles. The van der Waals surface area contributed by atoms with E-state index in [0.29, 0.717) is 31.9 Å². The van der Waals surface area contributed by atoms with E-state index in [2.05, 4.69) is 20.2 Å². The van der Waals surface area contributed by atoms with Crippen LogP contribution in [0.4, 0.5) is 10.5 Å². The molecule has 2 aromatic rings. The first-order chi connectivity index (χ1) is 13.1. The number of nitrogens with zero attached hydrogens (tertiary/aromatic N) is 3. The van der Waals surface area contributed by atoms with Gasteiger partial charge in [0.2, 0.25) is 0 Å². The number of carbonyl (C=O) groups excluding carboxylic acids is 1. The van der Waals surface area contributed by atoms with Crippen LogP contribution in [0.1, 0.15) is 5.69 Å². The Bertz CT molecular complexity index is 755. The minimum atomic E-state index is -1.07. The highest BCUT2D eigenvalue weighted by atomic mass is 16.5. The smallest absolute Gasteiger partial charge is 0.326 e. The lowest BCUT2D eigenvalue weighted by Crippen LogP contribution is -2.55. The normalized spacial score (nSPS) is 15.3. The van der Waals surface area contributed by atoms with Crippen LogP contribution in [0.2, 0.25) is 0 Å². The highest BCUT2D eigenvalue weighted by molar-refractivity contribution is 5.83. The van der Waals surface area contributed by atoms with Gasteiger partial charge in [-0.3, -0.25) is 0 Å². The number of aromatic amines is 1. The van der Waals surface area contributed by atoms with Gasteiger partial charge in [0, 0.05) is 50.2 Å². The van der Waals surface area contributed by atoms with Crippen LogP contribution in [0.25, 0.3) is 0 Å². The minimum Gasteiger partial charge on any atom is -0.497 e. The predicted molar refractivity (Wildman–Crippen MR) is 99.0 cm³/mol. The molecule has 2 heterocycles. The van der Waals surface area contributed by atoms with E-state index < -0.39 is 12.0 Å². The third kappa shape index (κ3) is 4.69. The van der Waals surface area contributed by atoms with Crippen LogP contribution >= 0.6 is 0 Å². The van der Waals surface area contributed by atoms with Gasteiger partial charge in [-0.2, -0.15) is 0 Å². The van der Waals surface area contributed by atoms with Crippen molar-refractivity contribution in [3.05, 3.63) is 42.5 Å². The Morgan fingerprint density at radius 3 is 2.52 bits per heavy atom. The number of imidazole rings is 1. The molecular weight excluding hydrogens is 350 g/mol. The van der Waals surface area contributed by atoms with Crippen molar-refractivity contribution in [2.24, 2.45) is 0 Å². The molecule has 3 rings (SSSR count). The fourth-order valence-corrected chi connectivity index (χ4v) is 3.02. The van der Waals surface area contributed by atoms with E-state index in [1.54, 1.807) is 18.2 Å². The van der Waals surface area contributed by atoms with Gasteiger partial charge in [-0.15, -0.1) is 0 Å². The van der Waals surface area contributed by atoms with Gasteiger partial charge in [0.25, 0.3) is 0 Å². The van der Waals surface area contributed by atoms with Crippen molar-refractivity contribution in [3.8, 4) is 5.75 Å². The van der Waals surface area contributed by atoms with Crippen LogP contribution in [0, 0.1) is 0 Å². The number of carboxylic acid groups (broad SMARTS) is 1. The van der Waals surface area contributed by atoms with Crippen LogP contribution < -0.4 is 15.0 Å². The Morgan fingerprint density at radius 1 is 1.26 bits per heavy atom. The van der Waals surface area contributed by atoms with E-state index >= 15 is 0 Å². The van der Waals surface area contributed by atoms with Crippen molar-refractivity contribution in [2.45, 2.75) is 12.5 Å². The summed E-state index contributed by atoms with van der Waals surface area (Å²) in [4.78, 5) is 34.4. The molecule has 0 bridgehead atoms. The molecule has 1 aromatic carbocycles. The number of hydrogen-bond acceptors (Lipinski definition) is 5. The fourth-order valence-electron chi connectivity index (χ4n) is 3.02. The summed E-state index contributed by atoms with van der Waals surface area (Å²) < 4.78 is 5.16. The lowest BCUT2D eigenvalue weighted by atomic mass is 10.1. The number of methoxy groups -OCH3 is 1. The first kappa shape index (κ1) is 18.6. The molecule has 1 aliphatic rings. The van der Waals surface area contributed by atoms with Gasteiger partial charge in [0.15, 0.2) is 0 Å². The molecule has 1 aromatic heterocycles. The second-order valence-electron chi connectivity index (χ2n) is 6.29. The number of nitrogens with one attached hydrogen (secondary N) is 2. The maximum absolute atomic E-state index is 12.5. The van der Waals surface area contributed by atoms with Crippen molar-refractivity contribution >= 4 is 17.7 Å². The molecule has 0 unspecified atom stereocenters. The second kappa shape index (κ2) is 8.43. The van der Waals surface area contributed by atoms with E-state index in [9.17, 15) is 14.7 Å². The van der Waals surface area contributed by atoms with Gasteiger partial charge in [-0.1, -0.05) is 0 Å². The van der Waals surface area contributed by atoms with Crippen LogP contribution in [-0.4, -0.2) is 71.3 Å². The van der Waals surface area contributed by atoms with Gasteiger partial charge < -0.3 is 29.9 Å². The van der Waals surface area contributed by atoms with Gasteiger partial charge in [-0.25, -0.2) is 14.6 Å². The lowest BCUT2D eigenvalue weighted by Gasteiger charge is -2.36. The summed E-state index contributed by atoms with van der Waals surface area (Å²) in [6.07, 6.45) is 3.19. The average molecular weight is 373 g/mol. The Balaban J connectivity index is 1.53. The SMILES string of the molecule is COc1ccc(N2CCN(C(=O)N[C@@H](Cc3cnc[nH]3)C(=O)O)CC2)cc1. The Morgan fingerprint density at radius 2 is 1.96 bits per heavy atom. The predicted octanol–water partition coefficient (Wildman–Crippen LogP) is 0.946. The highest BCUT2D eigenvalue weighted by Crippen LogP contribution is 2.20. The maximum Gasteiger partial charge on any atom is 0.326 e. The number of H-pyrrole nitrogens is 1. The summed E-state index contributed by atoms with van der Waals surface area (Å²) in [5, 5.41) is 12.0. The van der Waals surface area contributed by atoms with E-state index in [1.165, 1.54) is 6.33 Å². The van der Waals surface area contributed by atoms with E-state index in [4.69, 9.17) is 4.74 Å². The number of amides is 2. The van der Waals surface area contributed by atoms with Crippen LogP contribution in [0.15, 0.2) is 36.8 Å². The molecule has 1 fully saturated rings. The van der Waals surface area contributed by atoms with Crippen molar-refractivity contribution in [3.63, 3.8) is 0 Å². The number of urea groups is 1. The van der Waals surface area contributed by atoms with Crippen molar-refractivity contribution in [1.82, 2.24) is 20.2 Å². The minimum absolute atomic E-state index is 0.160. The summed E-state index contributed by atoms with van der Waals surface area (Å²) in [5.41, 5.74) is 1.73. The van der Waals surface area contributed by atoms with Gasteiger partial charge in [0.1, 0.15) is 11.8 Å². The number of carboxylic acids is 1. The quantitative estimate of drug-likeness (QED) is 0.695. The molecule has 0 radical (unpaired) electrons. The molecule has 9 nitrogen and oxygen atoms in total.